The molecule has 0 aliphatic carbocycles. The molecule has 0 aromatic carbocycles. The van der Waals surface area contributed by atoms with Crippen LogP contribution in [0, 0.1) is 5.92 Å². The van der Waals surface area contributed by atoms with E-state index in [1.165, 1.54) is 0 Å². The van der Waals surface area contributed by atoms with Crippen molar-refractivity contribution in [2.24, 2.45) is 5.92 Å². The van der Waals surface area contributed by atoms with Gasteiger partial charge in [0.05, 0.1) is 6.20 Å². The molecular weight excluding hydrogens is 248 g/mol. The van der Waals surface area contributed by atoms with Gasteiger partial charge in [0.1, 0.15) is 5.02 Å². The monoisotopic (exact) mass is 270 g/mol. The zero-order valence-corrected chi connectivity index (χ0v) is 12.5. The Kier molecular flexibility index (Phi) is 6.19. The van der Waals surface area contributed by atoms with Crippen molar-refractivity contribution in [1.82, 2.24) is 9.97 Å². The van der Waals surface area contributed by atoms with E-state index in [2.05, 4.69) is 47.9 Å². The fourth-order valence-corrected chi connectivity index (χ4v) is 1.92. The maximum atomic E-state index is 6.19. The normalized spacial score (nSPS) is 10.8. The summed E-state index contributed by atoms with van der Waals surface area (Å²) in [6.45, 7) is 11.3. The highest BCUT2D eigenvalue weighted by Gasteiger charge is 2.13. The van der Waals surface area contributed by atoms with E-state index in [0.717, 1.165) is 31.9 Å². The highest BCUT2D eigenvalue weighted by Crippen LogP contribution is 2.24. The van der Waals surface area contributed by atoms with Gasteiger partial charge in [-0.3, -0.25) is 0 Å². The van der Waals surface area contributed by atoms with E-state index in [9.17, 15) is 0 Å². The fourth-order valence-electron chi connectivity index (χ4n) is 1.71. The zero-order chi connectivity index (χ0) is 13.5. The summed E-state index contributed by atoms with van der Waals surface area (Å²) in [4.78, 5) is 10.9. The minimum Gasteiger partial charge on any atom is -0.355 e. The second kappa shape index (κ2) is 7.41. The van der Waals surface area contributed by atoms with Crippen LogP contribution in [0.25, 0.3) is 0 Å². The second-order valence-electron chi connectivity index (χ2n) is 4.72. The Labute approximate surface area is 115 Å². The first kappa shape index (κ1) is 15.0. The summed E-state index contributed by atoms with van der Waals surface area (Å²) in [5, 5.41) is 3.80. The SMILES string of the molecule is CCCNc1ncc(Cl)c(N(CC)CC(C)C)n1. The topological polar surface area (TPSA) is 41.1 Å². The molecule has 0 aliphatic rings. The van der Waals surface area contributed by atoms with Gasteiger partial charge in [0.2, 0.25) is 5.95 Å². The van der Waals surface area contributed by atoms with Crippen LogP contribution >= 0.6 is 11.6 Å². The van der Waals surface area contributed by atoms with Crippen molar-refractivity contribution in [1.29, 1.82) is 0 Å². The molecule has 102 valence electrons. The van der Waals surface area contributed by atoms with Crippen molar-refractivity contribution >= 4 is 23.4 Å². The third-order valence-electron chi connectivity index (χ3n) is 2.53. The first-order chi connectivity index (χ1) is 8.58. The molecule has 0 unspecified atom stereocenters. The minimum absolute atomic E-state index is 0.572. The van der Waals surface area contributed by atoms with Crippen LogP contribution in [0.4, 0.5) is 11.8 Å². The molecule has 5 heteroatoms. The molecule has 0 saturated heterocycles. The van der Waals surface area contributed by atoms with Gasteiger partial charge >= 0.3 is 0 Å². The van der Waals surface area contributed by atoms with Gasteiger partial charge in [-0.2, -0.15) is 4.98 Å². The first-order valence-corrected chi connectivity index (χ1v) is 6.97. The molecular formula is C13H23ClN4. The summed E-state index contributed by atoms with van der Waals surface area (Å²) >= 11 is 6.19. The van der Waals surface area contributed by atoms with Gasteiger partial charge in [-0.1, -0.05) is 32.4 Å². The second-order valence-corrected chi connectivity index (χ2v) is 5.13. The Morgan fingerprint density at radius 1 is 1.39 bits per heavy atom. The maximum Gasteiger partial charge on any atom is 0.224 e. The Morgan fingerprint density at radius 3 is 2.67 bits per heavy atom. The average Bonchev–Trinajstić information content (AvgIpc) is 2.35. The molecule has 0 spiro atoms. The summed E-state index contributed by atoms with van der Waals surface area (Å²) in [6, 6.07) is 0. The summed E-state index contributed by atoms with van der Waals surface area (Å²) < 4.78 is 0. The lowest BCUT2D eigenvalue weighted by atomic mass is 10.2. The number of nitrogens with zero attached hydrogens (tertiary/aromatic N) is 3. The summed E-state index contributed by atoms with van der Waals surface area (Å²) in [5.41, 5.74) is 0. The number of hydrogen-bond acceptors (Lipinski definition) is 4. The Bertz CT molecular complexity index is 368. The minimum atomic E-state index is 0.572. The van der Waals surface area contributed by atoms with Gasteiger partial charge in [-0.05, 0) is 19.3 Å². The van der Waals surface area contributed by atoms with Crippen LogP contribution in [-0.4, -0.2) is 29.6 Å². The molecule has 4 nitrogen and oxygen atoms in total. The lowest BCUT2D eigenvalue weighted by molar-refractivity contribution is 0.614. The molecule has 0 amide bonds. The quantitative estimate of drug-likeness (QED) is 0.824. The van der Waals surface area contributed by atoms with Gasteiger partial charge in [0.15, 0.2) is 5.82 Å². The molecule has 1 heterocycles. The van der Waals surface area contributed by atoms with Crippen molar-refractivity contribution < 1.29 is 0 Å². The first-order valence-electron chi connectivity index (χ1n) is 6.59. The van der Waals surface area contributed by atoms with E-state index in [1.54, 1.807) is 6.20 Å². The molecule has 0 saturated carbocycles. The number of halogens is 1. The average molecular weight is 271 g/mol. The van der Waals surface area contributed by atoms with E-state index in [0.29, 0.717) is 16.9 Å². The summed E-state index contributed by atoms with van der Waals surface area (Å²) in [7, 11) is 0. The Morgan fingerprint density at radius 2 is 2.11 bits per heavy atom. The fraction of sp³-hybridized carbons (Fsp3) is 0.692. The van der Waals surface area contributed by atoms with Crippen molar-refractivity contribution in [3.63, 3.8) is 0 Å². The molecule has 0 fully saturated rings. The van der Waals surface area contributed by atoms with Crippen molar-refractivity contribution in [3.05, 3.63) is 11.2 Å². The van der Waals surface area contributed by atoms with Crippen LogP contribution in [0.2, 0.25) is 5.02 Å². The Hall–Kier alpha value is -1.03. The van der Waals surface area contributed by atoms with E-state index < -0.39 is 0 Å². The standard InChI is InChI=1S/C13H23ClN4/c1-5-7-15-13-16-8-11(14)12(17-13)18(6-2)9-10(3)4/h8,10H,5-7,9H2,1-4H3,(H,15,16,17). The Balaban J connectivity index is 2.90. The summed E-state index contributed by atoms with van der Waals surface area (Å²) in [6.07, 6.45) is 2.72. The predicted molar refractivity (Wildman–Crippen MR) is 78.5 cm³/mol. The van der Waals surface area contributed by atoms with Crippen LogP contribution in [0.3, 0.4) is 0 Å². The molecule has 1 aromatic rings. The highest BCUT2D eigenvalue weighted by molar-refractivity contribution is 6.32. The van der Waals surface area contributed by atoms with Crippen LogP contribution in [0.5, 0.6) is 0 Å². The molecule has 1 N–H and O–H groups in total. The largest absolute Gasteiger partial charge is 0.355 e. The van der Waals surface area contributed by atoms with Crippen molar-refractivity contribution in [2.45, 2.75) is 34.1 Å². The van der Waals surface area contributed by atoms with Crippen LogP contribution < -0.4 is 10.2 Å². The number of aromatic nitrogens is 2. The molecule has 18 heavy (non-hydrogen) atoms. The smallest absolute Gasteiger partial charge is 0.224 e. The zero-order valence-electron chi connectivity index (χ0n) is 11.7. The molecule has 0 aliphatic heterocycles. The van der Waals surface area contributed by atoms with Crippen LogP contribution in [0.1, 0.15) is 34.1 Å². The van der Waals surface area contributed by atoms with Crippen LogP contribution in [0.15, 0.2) is 6.20 Å². The van der Waals surface area contributed by atoms with Gasteiger partial charge in [-0.25, -0.2) is 4.98 Å². The third kappa shape index (κ3) is 4.33. The lowest BCUT2D eigenvalue weighted by Crippen LogP contribution is -2.28. The number of anilines is 2. The third-order valence-corrected chi connectivity index (χ3v) is 2.79. The maximum absolute atomic E-state index is 6.19. The molecule has 0 bridgehead atoms. The van der Waals surface area contributed by atoms with Crippen LogP contribution in [-0.2, 0) is 0 Å². The van der Waals surface area contributed by atoms with E-state index in [4.69, 9.17) is 11.6 Å². The molecule has 0 radical (unpaired) electrons. The number of hydrogen-bond donors (Lipinski definition) is 1. The van der Waals surface area contributed by atoms with Gasteiger partial charge < -0.3 is 10.2 Å². The van der Waals surface area contributed by atoms with Gasteiger partial charge in [0, 0.05) is 19.6 Å². The predicted octanol–water partition coefficient (Wildman–Crippen LogP) is 3.43. The van der Waals surface area contributed by atoms with E-state index in [1.807, 2.05) is 0 Å². The van der Waals surface area contributed by atoms with Crippen molar-refractivity contribution in [2.75, 3.05) is 29.9 Å². The van der Waals surface area contributed by atoms with Gasteiger partial charge in [-0.15, -0.1) is 0 Å². The molecule has 0 atom stereocenters. The molecule has 1 aromatic heterocycles. The van der Waals surface area contributed by atoms with E-state index >= 15 is 0 Å². The number of nitrogens with one attached hydrogen (secondary N) is 1. The van der Waals surface area contributed by atoms with Gasteiger partial charge in [0.25, 0.3) is 0 Å². The van der Waals surface area contributed by atoms with E-state index in [-0.39, 0.29) is 0 Å². The number of rotatable bonds is 7. The highest BCUT2D eigenvalue weighted by atomic mass is 35.5. The van der Waals surface area contributed by atoms with Crippen molar-refractivity contribution in [3.8, 4) is 0 Å². The lowest BCUT2D eigenvalue weighted by Gasteiger charge is -2.25. The summed E-state index contributed by atoms with van der Waals surface area (Å²) in [5.74, 6) is 2.04. The molecule has 1 rings (SSSR count).